The van der Waals surface area contributed by atoms with E-state index in [4.69, 9.17) is 0 Å². The second-order valence-electron chi connectivity index (χ2n) is 4.49. The molecule has 2 rings (SSSR count). The zero-order valence-electron chi connectivity index (χ0n) is 10.5. The number of carbonyl (C=O) groups excluding carboxylic acids is 2. The molecule has 0 N–H and O–H groups in total. The van der Waals surface area contributed by atoms with Crippen molar-refractivity contribution in [2.24, 2.45) is 0 Å². The van der Waals surface area contributed by atoms with Gasteiger partial charge in [0, 0.05) is 11.6 Å². The summed E-state index contributed by atoms with van der Waals surface area (Å²) in [6.07, 6.45) is -1.80. The molecule has 0 aromatic heterocycles. The standard InChI is InChI=1S/C13H13BF2NO2/c1-8-9-3-2-4-11(12(19)13(15)16)10(9)5-6-17(8)14-7-18/h2-4,7-8,13H,5-6H2,1H3/t8-/m0/s1. The van der Waals surface area contributed by atoms with Gasteiger partial charge in [0.15, 0.2) is 0 Å². The van der Waals surface area contributed by atoms with Gasteiger partial charge >= 0.3 is 6.43 Å². The van der Waals surface area contributed by atoms with Crippen LogP contribution in [0.1, 0.15) is 34.5 Å². The average Bonchev–Trinajstić information content (AvgIpc) is 2.40. The number of Topliss-reactive ketones (excluding diaryl/α,β-unsaturated/α-hetero) is 1. The zero-order chi connectivity index (χ0) is 14.0. The summed E-state index contributed by atoms with van der Waals surface area (Å²) in [5.74, 6) is -1.13. The first-order chi connectivity index (χ1) is 9.06. The first-order valence-corrected chi connectivity index (χ1v) is 6.04. The van der Waals surface area contributed by atoms with Crippen molar-refractivity contribution in [1.82, 2.24) is 4.81 Å². The molecule has 0 fully saturated rings. The fourth-order valence-electron chi connectivity index (χ4n) is 2.52. The molecular formula is C13H13BF2NO2. The number of fused-ring (bicyclic) bond motifs is 1. The highest BCUT2D eigenvalue weighted by Crippen LogP contribution is 2.31. The third kappa shape index (κ3) is 2.58. The van der Waals surface area contributed by atoms with Gasteiger partial charge < -0.3 is 9.61 Å². The maximum atomic E-state index is 12.6. The monoisotopic (exact) mass is 264 g/mol. The van der Waals surface area contributed by atoms with Crippen LogP contribution in [0.15, 0.2) is 18.2 Å². The van der Waals surface area contributed by atoms with Gasteiger partial charge in [0.2, 0.25) is 5.78 Å². The molecule has 1 radical (unpaired) electrons. The molecule has 1 aliphatic heterocycles. The summed E-state index contributed by atoms with van der Waals surface area (Å²) < 4.78 is 25.1. The van der Waals surface area contributed by atoms with Gasteiger partial charge in [-0.3, -0.25) is 4.79 Å². The van der Waals surface area contributed by atoms with Crippen LogP contribution in [0, 0.1) is 0 Å². The Bertz CT molecular complexity index is 507. The molecule has 0 bridgehead atoms. The number of rotatable bonds is 4. The number of nitrogens with zero attached hydrogens (tertiary/aromatic N) is 1. The van der Waals surface area contributed by atoms with Crippen LogP contribution in [0.2, 0.25) is 0 Å². The van der Waals surface area contributed by atoms with Gasteiger partial charge in [0.05, 0.1) is 6.19 Å². The van der Waals surface area contributed by atoms with Crippen LogP contribution in [-0.2, 0) is 11.2 Å². The normalized spacial score (nSPS) is 19.1. The maximum absolute atomic E-state index is 12.6. The Morgan fingerprint density at radius 1 is 1.53 bits per heavy atom. The van der Waals surface area contributed by atoms with Crippen molar-refractivity contribution < 1.29 is 18.4 Å². The minimum atomic E-state index is -2.98. The van der Waals surface area contributed by atoms with Crippen molar-refractivity contribution >= 4 is 19.4 Å². The van der Waals surface area contributed by atoms with E-state index in [1.54, 1.807) is 6.07 Å². The Hall–Kier alpha value is -1.56. The van der Waals surface area contributed by atoms with Crippen molar-refractivity contribution in [3.05, 3.63) is 34.9 Å². The minimum Gasteiger partial charge on any atom is -0.333 e. The third-order valence-electron chi connectivity index (χ3n) is 3.50. The Balaban J connectivity index is 2.39. The largest absolute Gasteiger partial charge is 0.333 e. The smallest absolute Gasteiger partial charge is 0.300 e. The average molecular weight is 264 g/mol. The molecule has 3 nitrogen and oxygen atoms in total. The van der Waals surface area contributed by atoms with Crippen molar-refractivity contribution in [2.45, 2.75) is 25.8 Å². The Labute approximate surface area is 110 Å². The Morgan fingerprint density at radius 3 is 2.89 bits per heavy atom. The van der Waals surface area contributed by atoms with E-state index >= 15 is 0 Å². The van der Waals surface area contributed by atoms with E-state index < -0.39 is 12.2 Å². The van der Waals surface area contributed by atoms with Gasteiger partial charge in [-0.2, -0.15) is 0 Å². The fourth-order valence-corrected chi connectivity index (χ4v) is 2.52. The predicted octanol–water partition coefficient (Wildman–Crippen LogP) is 1.86. The molecule has 1 aliphatic rings. The molecule has 6 heteroatoms. The summed E-state index contributed by atoms with van der Waals surface area (Å²) in [5.41, 5.74) is 1.61. The first-order valence-electron chi connectivity index (χ1n) is 6.04. The predicted molar refractivity (Wildman–Crippen MR) is 68.1 cm³/mol. The van der Waals surface area contributed by atoms with Crippen LogP contribution in [-0.4, -0.2) is 37.2 Å². The fraction of sp³-hybridized carbons (Fsp3) is 0.385. The number of halogens is 2. The van der Waals surface area contributed by atoms with Crippen LogP contribution >= 0.6 is 0 Å². The SMILES string of the molecule is C[C@H]1c2cccc(C(=O)C(F)F)c2CCN1[B]C=O. The minimum absolute atomic E-state index is 0.0978. The van der Waals surface area contributed by atoms with Crippen LogP contribution in [0.3, 0.4) is 0 Å². The Morgan fingerprint density at radius 2 is 2.26 bits per heavy atom. The van der Waals surface area contributed by atoms with E-state index in [-0.39, 0.29) is 11.6 Å². The molecule has 0 spiro atoms. The van der Waals surface area contributed by atoms with Crippen molar-refractivity contribution in [3.8, 4) is 0 Å². The van der Waals surface area contributed by atoms with Gasteiger partial charge in [-0.1, -0.05) is 18.2 Å². The molecule has 0 saturated carbocycles. The summed E-state index contributed by atoms with van der Waals surface area (Å²) in [4.78, 5) is 23.9. The highest BCUT2D eigenvalue weighted by molar-refractivity contribution is 6.64. The lowest BCUT2D eigenvalue weighted by atomic mass is 9.82. The highest BCUT2D eigenvalue weighted by atomic mass is 19.3. The summed E-state index contributed by atoms with van der Waals surface area (Å²) in [6.45, 7) is 2.43. The van der Waals surface area contributed by atoms with Crippen molar-refractivity contribution in [2.75, 3.05) is 6.54 Å². The number of hydrogen-bond donors (Lipinski definition) is 0. The van der Waals surface area contributed by atoms with E-state index in [1.165, 1.54) is 13.5 Å². The van der Waals surface area contributed by atoms with Gasteiger partial charge in [0.1, 0.15) is 0 Å². The van der Waals surface area contributed by atoms with Gasteiger partial charge in [-0.25, -0.2) is 8.78 Å². The summed E-state index contributed by atoms with van der Waals surface area (Å²) in [5, 5.41) is 0. The van der Waals surface area contributed by atoms with Crippen molar-refractivity contribution in [3.63, 3.8) is 0 Å². The number of hydrogen-bond acceptors (Lipinski definition) is 3. The molecule has 1 atom stereocenters. The molecule has 0 unspecified atom stereocenters. The maximum Gasteiger partial charge on any atom is 0.300 e. The van der Waals surface area contributed by atoms with Crippen LogP contribution in [0.5, 0.6) is 0 Å². The molecule has 0 saturated heterocycles. The number of benzene rings is 1. The lowest BCUT2D eigenvalue weighted by Crippen LogP contribution is -2.38. The molecular weight excluding hydrogens is 251 g/mol. The second-order valence-corrected chi connectivity index (χ2v) is 4.49. The highest BCUT2D eigenvalue weighted by Gasteiger charge is 2.29. The quantitative estimate of drug-likeness (QED) is 0.473. The van der Waals surface area contributed by atoms with Crippen LogP contribution in [0.4, 0.5) is 8.78 Å². The molecule has 99 valence electrons. The van der Waals surface area contributed by atoms with Gasteiger partial charge in [-0.05, 0) is 31.0 Å². The molecule has 0 aliphatic carbocycles. The topological polar surface area (TPSA) is 37.4 Å². The summed E-state index contributed by atoms with van der Waals surface area (Å²) in [7, 11) is 1.44. The second kappa shape index (κ2) is 5.61. The first kappa shape index (κ1) is 13.9. The van der Waals surface area contributed by atoms with Gasteiger partial charge in [-0.15, -0.1) is 0 Å². The summed E-state index contributed by atoms with van der Waals surface area (Å²) in [6, 6.07) is 4.76. The number of alkyl halides is 2. The molecule has 19 heavy (non-hydrogen) atoms. The Kier molecular flexibility index (Phi) is 4.09. The van der Waals surface area contributed by atoms with Crippen LogP contribution < -0.4 is 0 Å². The van der Waals surface area contributed by atoms with E-state index in [0.717, 1.165) is 5.56 Å². The molecule has 1 aromatic carbocycles. The lowest BCUT2D eigenvalue weighted by molar-refractivity contribution is 0.0677. The summed E-state index contributed by atoms with van der Waals surface area (Å²) >= 11 is 0. The number of ketones is 1. The van der Waals surface area contributed by atoms with E-state index in [0.29, 0.717) is 24.7 Å². The van der Waals surface area contributed by atoms with Crippen LogP contribution in [0.25, 0.3) is 0 Å². The zero-order valence-corrected chi connectivity index (χ0v) is 10.5. The lowest BCUT2D eigenvalue weighted by Gasteiger charge is -2.34. The number of carbonyl (C=O) groups is 2. The van der Waals surface area contributed by atoms with Gasteiger partial charge in [0.25, 0.3) is 7.41 Å². The van der Waals surface area contributed by atoms with E-state index in [9.17, 15) is 18.4 Å². The van der Waals surface area contributed by atoms with E-state index in [1.807, 2.05) is 17.8 Å². The molecule has 1 aromatic rings. The third-order valence-corrected chi connectivity index (χ3v) is 3.50. The molecule has 0 amide bonds. The molecule has 1 heterocycles. The van der Waals surface area contributed by atoms with E-state index in [2.05, 4.69) is 0 Å². The van der Waals surface area contributed by atoms with Crippen molar-refractivity contribution in [1.29, 1.82) is 0 Å².